The highest BCUT2D eigenvalue weighted by Crippen LogP contribution is 2.23. The van der Waals surface area contributed by atoms with Gasteiger partial charge in [-0.05, 0) is 37.1 Å². The van der Waals surface area contributed by atoms with Crippen LogP contribution < -0.4 is 10.1 Å². The number of aliphatic hydroxyl groups excluding tert-OH is 1. The highest BCUT2D eigenvalue weighted by Gasteiger charge is 2.05. The molecule has 3 N–H and O–H groups in total. The second kappa shape index (κ2) is 8.22. The number of fused-ring (bicyclic) bond motifs is 1. The normalized spacial score (nSPS) is 9.80. The first kappa shape index (κ1) is 16.0. The van der Waals surface area contributed by atoms with Gasteiger partial charge in [-0.1, -0.05) is 0 Å². The molecule has 5 nitrogen and oxygen atoms in total. The Labute approximate surface area is 119 Å². The molecule has 5 heteroatoms. The average Bonchev–Trinajstić information content (AvgIpc) is 2.82. The summed E-state index contributed by atoms with van der Waals surface area (Å²) in [5.74, 6) is 0.847. The molecule has 0 saturated heterocycles. The Morgan fingerprint density at radius 1 is 1.45 bits per heavy atom. The van der Waals surface area contributed by atoms with Crippen LogP contribution in [0.1, 0.15) is 19.4 Å². The van der Waals surface area contributed by atoms with E-state index in [1.54, 1.807) is 14.0 Å². The number of amides is 1. The SMILES string of the molecule is CCO.COc1ccc2[nH]cc(CCNC(C)=O)c2c1. The Kier molecular flexibility index (Phi) is 6.59. The van der Waals surface area contributed by atoms with Gasteiger partial charge in [0.1, 0.15) is 5.75 Å². The van der Waals surface area contributed by atoms with Crippen molar-refractivity contribution in [2.75, 3.05) is 20.3 Å². The largest absolute Gasteiger partial charge is 0.497 e. The van der Waals surface area contributed by atoms with Crippen molar-refractivity contribution in [1.29, 1.82) is 0 Å². The van der Waals surface area contributed by atoms with Crippen LogP contribution in [0.3, 0.4) is 0 Å². The van der Waals surface area contributed by atoms with Gasteiger partial charge in [-0.3, -0.25) is 4.79 Å². The second-order valence-electron chi connectivity index (χ2n) is 4.27. The van der Waals surface area contributed by atoms with Crippen LogP contribution in [0.4, 0.5) is 0 Å². The minimum Gasteiger partial charge on any atom is -0.497 e. The Bertz CT molecular complexity index is 549. The number of rotatable bonds is 4. The third kappa shape index (κ3) is 4.59. The molecule has 110 valence electrons. The third-order valence-corrected chi connectivity index (χ3v) is 2.74. The van der Waals surface area contributed by atoms with E-state index in [1.807, 2.05) is 24.4 Å². The molecule has 1 aromatic heterocycles. The number of ether oxygens (including phenoxy) is 1. The van der Waals surface area contributed by atoms with E-state index in [-0.39, 0.29) is 12.5 Å². The molecule has 1 amide bonds. The number of carbonyl (C=O) groups excluding carboxylic acids is 1. The molecule has 0 atom stereocenters. The number of methoxy groups -OCH3 is 1. The van der Waals surface area contributed by atoms with Crippen LogP contribution in [0.5, 0.6) is 5.75 Å². The molecule has 0 spiro atoms. The number of nitrogens with one attached hydrogen (secondary N) is 2. The average molecular weight is 278 g/mol. The zero-order chi connectivity index (χ0) is 15.0. The maximum absolute atomic E-state index is 10.8. The van der Waals surface area contributed by atoms with Crippen molar-refractivity contribution in [2.45, 2.75) is 20.3 Å². The van der Waals surface area contributed by atoms with Crippen LogP contribution in [0, 0.1) is 0 Å². The van der Waals surface area contributed by atoms with Crippen LogP contribution in [0.15, 0.2) is 24.4 Å². The van der Waals surface area contributed by atoms with E-state index in [2.05, 4.69) is 10.3 Å². The summed E-state index contributed by atoms with van der Waals surface area (Å²) in [5, 5.41) is 11.5. The van der Waals surface area contributed by atoms with Crippen LogP contribution >= 0.6 is 0 Å². The van der Waals surface area contributed by atoms with Crippen molar-refractivity contribution in [1.82, 2.24) is 10.3 Å². The standard InChI is InChI=1S/C13H16N2O2.C2H6O/c1-9(16)14-6-5-10-8-15-13-4-3-11(17-2)7-12(10)13;1-2-3/h3-4,7-8,15H,5-6H2,1-2H3,(H,14,16);3H,2H2,1H3. The lowest BCUT2D eigenvalue weighted by Gasteiger charge is -2.03. The van der Waals surface area contributed by atoms with Crippen LogP contribution in [0.25, 0.3) is 10.9 Å². The van der Waals surface area contributed by atoms with Crippen molar-refractivity contribution in [3.05, 3.63) is 30.0 Å². The summed E-state index contributed by atoms with van der Waals surface area (Å²) in [6.45, 7) is 4.11. The molecule has 0 fully saturated rings. The summed E-state index contributed by atoms with van der Waals surface area (Å²) in [5.41, 5.74) is 2.27. The van der Waals surface area contributed by atoms with Gasteiger partial charge in [0.05, 0.1) is 7.11 Å². The predicted octanol–water partition coefficient (Wildman–Crippen LogP) is 1.85. The van der Waals surface area contributed by atoms with Gasteiger partial charge in [0.15, 0.2) is 0 Å². The number of hydrogen-bond acceptors (Lipinski definition) is 3. The van der Waals surface area contributed by atoms with Gasteiger partial charge in [0, 0.05) is 37.2 Å². The first-order valence-electron chi connectivity index (χ1n) is 6.61. The zero-order valence-electron chi connectivity index (χ0n) is 12.2. The van der Waals surface area contributed by atoms with Gasteiger partial charge in [0.2, 0.25) is 5.91 Å². The first-order valence-corrected chi connectivity index (χ1v) is 6.61. The minimum atomic E-state index is 0.00224. The maximum atomic E-state index is 10.8. The molecular weight excluding hydrogens is 256 g/mol. The van der Waals surface area contributed by atoms with Gasteiger partial charge in [-0.25, -0.2) is 0 Å². The molecule has 0 saturated carbocycles. The molecule has 2 aromatic rings. The first-order chi connectivity index (χ1) is 9.62. The number of aliphatic hydroxyl groups is 1. The van der Waals surface area contributed by atoms with E-state index in [0.29, 0.717) is 6.54 Å². The molecule has 1 aromatic carbocycles. The molecular formula is C15H22N2O3. The summed E-state index contributed by atoms with van der Waals surface area (Å²) < 4.78 is 5.21. The minimum absolute atomic E-state index is 0.00224. The van der Waals surface area contributed by atoms with Gasteiger partial charge in [-0.2, -0.15) is 0 Å². The molecule has 0 unspecified atom stereocenters. The fraction of sp³-hybridized carbons (Fsp3) is 0.400. The van der Waals surface area contributed by atoms with Crippen molar-refractivity contribution in [3.8, 4) is 5.75 Å². The Morgan fingerprint density at radius 3 is 2.75 bits per heavy atom. The number of aromatic nitrogens is 1. The van der Waals surface area contributed by atoms with E-state index < -0.39 is 0 Å². The van der Waals surface area contributed by atoms with Crippen LogP contribution in [-0.2, 0) is 11.2 Å². The smallest absolute Gasteiger partial charge is 0.216 e. The van der Waals surface area contributed by atoms with Crippen molar-refractivity contribution < 1.29 is 14.6 Å². The molecule has 0 bridgehead atoms. The molecule has 0 aliphatic rings. The second-order valence-corrected chi connectivity index (χ2v) is 4.27. The molecule has 1 heterocycles. The van der Waals surface area contributed by atoms with Crippen LogP contribution in [0.2, 0.25) is 0 Å². The predicted molar refractivity (Wildman–Crippen MR) is 80.0 cm³/mol. The molecule has 2 rings (SSSR count). The summed E-state index contributed by atoms with van der Waals surface area (Å²) in [6, 6.07) is 5.93. The van der Waals surface area contributed by atoms with Crippen molar-refractivity contribution >= 4 is 16.8 Å². The lowest BCUT2D eigenvalue weighted by atomic mass is 10.1. The Balaban J connectivity index is 0.000000612. The summed E-state index contributed by atoms with van der Waals surface area (Å²) in [6.07, 6.45) is 2.79. The van der Waals surface area contributed by atoms with Crippen molar-refractivity contribution in [2.24, 2.45) is 0 Å². The lowest BCUT2D eigenvalue weighted by molar-refractivity contribution is -0.118. The van der Waals surface area contributed by atoms with E-state index in [0.717, 1.165) is 23.1 Å². The number of H-pyrrole nitrogens is 1. The van der Waals surface area contributed by atoms with E-state index in [4.69, 9.17) is 9.84 Å². The number of aromatic amines is 1. The molecule has 20 heavy (non-hydrogen) atoms. The molecule has 0 radical (unpaired) electrons. The number of carbonyl (C=O) groups is 1. The van der Waals surface area contributed by atoms with Gasteiger partial charge < -0.3 is 20.1 Å². The quantitative estimate of drug-likeness (QED) is 0.799. The van der Waals surface area contributed by atoms with E-state index >= 15 is 0 Å². The third-order valence-electron chi connectivity index (χ3n) is 2.74. The summed E-state index contributed by atoms with van der Waals surface area (Å²) >= 11 is 0. The highest BCUT2D eigenvalue weighted by atomic mass is 16.5. The lowest BCUT2D eigenvalue weighted by Crippen LogP contribution is -2.22. The summed E-state index contributed by atoms with van der Waals surface area (Å²) in [4.78, 5) is 14.0. The van der Waals surface area contributed by atoms with Gasteiger partial charge in [0.25, 0.3) is 0 Å². The van der Waals surface area contributed by atoms with Crippen LogP contribution in [-0.4, -0.2) is 36.3 Å². The monoisotopic (exact) mass is 278 g/mol. The van der Waals surface area contributed by atoms with E-state index in [9.17, 15) is 4.79 Å². The topological polar surface area (TPSA) is 74.3 Å². The van der Waals surface area contributed by atoms with Gasteiger partial charge in [-0.15, -0.1) is 0 Å². The van der Waals surface area contributed by atoms with E-state index in [1.165, 1.54) is 12.5 Å². The fourth-order valence-electron chi connectivity index (χ4n) is 1.86. The maximum Gasteiger partial charge on any atom is 0.216 e. The Hall–Kier alpha value is -2.01. The number of hydrogen-bond donors (Lipinski definition) is 3. The Morgan fingerprint density at radius 2 is 2.15 bits per heavy atom. The van der Waals surface area contributed by atoms with Gasteiger partial charge >= 0.3 is 0 Å². The fourth-order valence-corrected chi connectivity index (χ4v) is 1.86. The highest BCUT2D eigenvalue weighted by molar-refractivity contribution is 5.84. The molecule has 0 aliphatic heterocycles. The zero-order valence-corrected chi connectivity index (χ0v) is 12.2. The number of benzene rings is 1. The molecule has 0 aliphatic carbocycles. The van der Waals surface area contributed by atoms with Crippen molar-refractivity contribution in [3.63, 3.8) is 0 Å². The summed E-state index contributed by atoms with van der Waals surface area (Å²) in [7, 11) is 1.66.